The lowest BCUT2D eigenvalue weighted by Crippen LogP contribution is -2.45. The standard InChI is InChI=1S/C32H36ClN3O4/c1-40-32(39)22-10-12-24-26(18-22)35-17-14-28(37)36(20-29(38)34-15-6-3-7-16-34)27-19-23(33)11-13-25(27)31(35)30(24)21-8-4-2-5-9-21/h10-13,18-19,21H,2-9,14-17,20H2,1H3. The Hall–Kier alpha value is -3.32. The van der Waals surface area contributed by atoms with E-state index < -0.39 is 0 Å². The number of carbonyl (C=O) groups excluding carboxylic acids is 3. The van der Waals surface area contributed by atoms with Crippen molar-refractivity contribution in [3.05, 3.63) is 52.5 Å². The number of piperidine rings is 1. The number of halogens is 1. The lowest BCUT2D eigenvalue weighted by molar-refractivity contribution is -0.132. The minimum absolute atomic E-state index is 0.0116. The van der Waals surface area contributed by atoms with Crippen molar-refractivity contribution in [1.29, 1.82) is 0 Å². The van der Waals surface area contributed by atoms with E-state index in [0.717, 1.165) is 67.4 Å². The fourth-order valence-corrected chi connectivity index (χ4v) is 7.07. The third-order valence-corrected chi connectivity index (χ3v) is 9.13. The Balaban J connectivity index is 1.54. The molecule has 0 atom stereocenters. The number of esters is 1. The number of nitrogens with zero attached hydrogens (tertiary/aromatic N) is 3. The first-order chi connectivity index (χ1) is 19.5. The summed E-state index contributed by atoms with van der Waals surface area (Å²) in [4.78, 5) is 43.2. The summed E-state index contributed by atoms with van der Waals surface area (Å²) in [5.74, 6) is -0.133. The van der Waals surface area contributed by atoms with Gasteiger partial charge in [-0.3, -0.25) is 9.59 Å². The van der Waals surface area contributed by atoms with Gasteiger partial charge >= 0.3 is 5.97 Å². The third-order valence-electron chi connectivity index (χ3n) is 8.90. The quantitative estimate of drug-likeness (QED) is 0.339. The van der Waals surface area contributed by atoms with Crippen LogP contribution in [0.25, 0.3) is 22.2 Å². The van der Waals surface area contributed by atoms with Gasteiger partial charge in [-0.1, -0.05) is 36.9 Å². The monoisotopic (exact) mass is 561 g/mol. The van der Waals surface area contributed by atoms with Gasteiger partial charge in [0.05, 0.1) is 24.1 Å². The maximum atomic E-state index is 13.8. The second-order valence-electron chi connectivity index (χ2n) is 11.3. The van der Waals surface area contributed by atoms with Crippen LogP contribution in [0.2, 0.25) is 5.02 Å². The number of rotatable bonds is 4. The van der Waals surface area contributed by atoms with Crippen LogP contribution in [0.1, 0.15) is 79.6 Å². The van der Waals surface area contributed by atoms with Gasteiger partial charge in [0.2, 0.25) is 11.8 Å². The van der Waals surface area contributed by atoms with E-state index in [0.29, 0.717) is 28.7 Å². The van der Waals surface area contributed by atoms with Gasteiger partial charge < -0.3 is 19.1 Å². The summed E-state index contributed by atoms with van der Waals surface area (Å²) >= 11 is 6.54. The summed E-state index contributed by atoms with van der Waals surface area (Å²) in [5, 5.41) is 1.64. The number of benzene rings is 2. The molecule has 2 fully saturated rings. The minimum atomic E-state index is -0.381. The molecule has 3 aliphatic rings. The van der Waals surface area contributed by atoms with Gasteiger partial charge in [-0.25, -0.2) is 4.79 Å². The molecule has 1 saturated carbocycles. The van der Waals surface area contributed by atoms with Crippen LogP contribution in [-0.2, 0) is 20.9 Å². The van der Waals surface area contributed by atoms with Crippen molar-refractivity contribution in [1.82, 2.24) is 9.47 Å². The Morgan fingerprint density at radius 2 is 1.70 bits per heavy atom. The minimum Gasteiger partial charge on any atom is -0.465 e. The van der Waals surface area contributed by atoms with Crippen LogP contribution in [0.3, 0.4) is 0 Å². The average molecular weight is 562 g/mol. The van der Waals surface area contributed by atoms with Crippen LogP contribution in [0, 0.1) is 0 Å². The topological polar surface area (TPSA) is 71.8 Å². The molecule has 210 valence electrons. The Morgan fingerprint density at radius 1 is 0.950 bits per heavy atom. The summed E-state index contributed by atoms with van der Waals surface area (Å²) in [7, 11) is 1.39. The molecule has 0 N–H and O–H groups in total. The number of aromatic nitrogens is 1. The Labute approximate surface area is 240 Å². The molecule has 0 bridgehead atoms. The number of carbonyl (C=O) groups is 3. The second-order valence-corrected chi connectivity index (χ2v) is 11.7. The van der Waals surface area contributed by atoms with Crippen LogP contribution in [0.4, 0.5) is 5.69 Å². The number of anilines is 1. The SMILES string of the molecule is COC(=O)c1ccc2c(C3CCCCC3)c3n(c2c1)CCC(=O)N(CC(=O)N1CCCCC1)c1cc(Cl)ccc1-3. The molecule has 2 amide bonds. The summed E-state index contributed by atoms with van der Waals surface area (Å²) in [6, 6.07) is 11.5. The van der Waals surface area contributed by atoms with Crippen molar-refractivity contribution < 1.29 is 19.1 Å². The maximum Gasteiger partial charge on any atom is 0.337 e. The molecule has 2 aromatic carbocycles. The van der Waals surface area contributed by atoms with E-state index in [1.807, 2.05) is 41.3 Å². The molecule has 0 radical (unpaired) electrons. The predicted octanol–water partition coefficient (Wildman–Crippen LogP) is 6.55. The van der Waals surface area contributed by atoms with E-state index >= 15 is 0 Å². The number of ether oxygens (including phenoxy) is 1. The number of amides is 2. The van der Waals surface area contributed by atoms with E-state index in [9.17, 15) is 14.4 Å². The highest BCUT2D eigenvalue weighted by Crippen LogP contribution is 2.47. The number of hydrogen-bond donors (Lipinski definition) is 0. The molecule has 1 saturated heterocycles. The van der Waals surface area contributed by atoms with Gasteiger partial charge in [0.15, 0.2) is 0 Å². The largest absolute Gasteiger partial charge is 0.465 e. The zero-order valence-corrected chi connectivity index (χ0v) is 23.8. The predicted molar refractivity (Wildman–Crippen MR) is 157 cm³/mol. The van der Waals surface area contributed by atoms with E-state index in [2.05, 4.69) is 4.57 Å². The average Bonchev–Trinajstić information content (AvgIpc) is 3.31. The van der Waals surface area contributed by atoms with Crippen molar-refractivity contribution in [2.24, 2.45) is 0 Å². The number of hydrogen-bond acceptors (Lipinski definition) is 4. The van der Waals surface area contributed by atoms with E-state index in [1.165, 1.54) is 31.9 Å². The van der Waals surface area contributed by atoms with Crippen LogP contribution < -0.4 is 4.90 Å². The summed E-state index contributed by atoms with van der Waals surface area (Å²) in [6.07, 6.45) is 9.18. The lowest BCUT2D eigenvalue weighted by atomic mass is 9.81. The second kappa shape index (κ2) is 11.3. The van der Waals surface area contributed by atoms with Gasteiger partial charge in [-0.2, -0.15) is 0 Å². The summed E-state index contributed by atoms with van der Waals surface area (Å²) in [5.41, 5.74) is 5.34. The molecule has 3 heterocycles. The molecule has 3 aromatic rings. The van der Waals surface area contributed by atoms with Crippen LogP contribution >= 0.6 is 11.6 Å². The van der Waals surface area contributed by atoms with E-state index in [1.54, 1.807) is 4.90 Å². The summed E-state index contributed by atoms with van der Waals surface area (Å²) < 4.78 is 7.23. The first kappa shape index (κ1) is 26.9. The van der Waals surface area contributed by atoms with E-state index in [-0.39, 0.29) is 30.7 Å². The smallest absolute Gasteiger partial charge is 0.337 e. The van der Waals surface area contributed by atoms with Crippen molar-refractivity contribution in [2.75, 3.05) is 31.6 Å². The first-order valence-corrected chi connectivity index (χ1v) is 15.0. The van der Waals surface area contributed by atoms with Gasteiger partial charge in [-0.05, 0) is 73.9 Å². The molecule has 6 rings (SSSR count). The van der Waals surface area contributed by atoms with Crippen LogP contribution in [0.5, 0.6) is 0 Å². The van der Waals surface area contributed by atoms with Gasteiger partial charge in [0.25, 0.3) is 0 Å². The molecular weight excluding hydrogens is 526 g/mol. The van der Waals surface area contributed by atoms with Crippen molar-refractivity contribution >= 4 is 46.0 Å². The molecular formula is C32H36ClN3O4. The van der Waals surface area contributed by atoms with E-state index in [4.69, 9.17) is 16.3 Å². The highest BCUT2D eigenvalue weighted by Gasteiger charge is 2.33. The fraction of sp³-hybridized carbons (Fsp3) is 0.469. The van der Waals surface area contributed by atoms with Crippen molar-refractivity contribution in [2.45, 2.75) is 70.3 Å². The molecule has 1 aliphatic carbocycles. The zero-order chi connectivity index (χ0) is 27.8. The van der Waals surface area contributed by atoms with Crippen molar-refractivity contribution in [3.8, 4) is 11.3 Å². The van der Waals surface area contributed by atoms with Crippen LogP contribution in [0.15, 0.2) is 36.4 Å². The number of likely N-dealkylation sites (tertiary alicyclic amines) is 1. The summed E-state index contributed by atoms with van der Waals surface area (Å²) in [6.45, 7) is 1.95. The van der Waals surface area contributed by atoms with Crippen molar-refractivity contribution in [3.63, 3.8) is 0 Å². The zero-order valence-electron chi connectivity index (χ0n) is 23.1. The Morgan fingerprint density at radius 3 is 2.45 bits per heavy atom. The molecule has 0 spiro atoms. The molecule has 40 heavy (non-hydrogen) atoms. The molecule has 0 unspecified atom stereocenters. The molecule has 2 aliphatic heterocycles. The number of aryl methyl sites for hydroxylation is 1. The van der Waals surface area contributed by atoms with Gasteiger partial charge in [-0.15, -0.1) is 0 Å². The molecule has 1 aromatic heterocycles. The first-order valence-electron chi connectivity index (χ1n) is 14.6. The Bertz CT molecular complexity index is 1470. The third kappa shape index (κ3) is 4.89. The van der Waals surface area contributed by atoms with Gasteiger partial charge in [0.1, 0.15) is 6.54 Å². The fourth-order valence-electron chi connectivity index (χ4n) is 6.91. The Kier molecular flexibility index (Phi) is 7.58. The molecule has 8 heteroatoms. The number of methoxy groups -OCH3 is 1. The highest BCUT2D eigenvalue weighted by molar-refractivity contribution is 6.31. The lowest BCUT2D eigenvalue weighted by Gasteiger charge is -2.33. The van der Waals surface area contributed by atoms with Crippen LogP contribution in [-0.4, -0.2) is 54.0 Å². The number of fused-ring (bicyclic) bond motifs is 5. The normalized spacial score (nSPS) is 18.2. The molecule has 7 nitrogen and oxygen atoms in total. The maximum absolute atomic E-state index is 13.8. The highest BCUT2D eigenvalue weighted by atomic mass is 35.5. The van der Waals surface area contributed by atoms with Gasteiger partial charge in [0, 0.05) is 47.5 Å².